The molecule has 31 heavy (non-hydrogen) atoms. The van der Waals surface area contributed by atoms with Crippen LogP contribution in [0.25, 0.3) is 0 Å². The maximum atomic E-state index is 13.2. The molecule has 0 fully saturated rings. The van der Waals surface area contributed by atoms with Gasteiger partial charge >= 0.3 is 77.3 Å². The van der Waals surface area contributed by atoms with Crippen LogP contribution in [0.3, 0.4) is 0 Å². The molecule has 0 aromatic carbocycles. The minimum Gasteiger partial charge on any atom is -1.00 e. The zero-order chi connectivity index (χ0) is 25.2. The first-order chi connectivity index (χ1) is 12.5. The van der Waals surface area contributed by atoms with Gasteiger partial charge in [-0.05, 0) is 0 Å². The fraction of sp³-hybridized carbons (Fsp3) is 1.00. The molecule has 0 saturated heterocycles. The summed E-state index contributed by atoms with van der Waals surface area (Å²) >= 11 is 0. The SMILES string of the molecule is NS(=O)(=O)NC(F)(F)C(F)(F)C(F)(F)C(F)(F)C(F)(F)C(F)(F)C(F)(F)C(F)(F)F.[H-].[Na+]. The molecule has 0 saturated carbocycles. The van der Waals surface area contributed by atoms with Crippen molar-refractivity contribution in [2.45, 2.75) is 47.8 Å². The summed E-state index contributed by atoms with van der Waals surface area (Å²) in [6.45, 7) is 0. The fourth-order valence-corrected chi connectivity index (χ4v) is 1.89. The number of rotatable bonds is 8. The minimum absolute atomic E-state index is 0. The predicted molar refractivity (Wildman–Crippen MR) is 58.0 cm³/mol. The van der Waals surface area contributed by atoms with E-state index in [1.165, 1.54) is 0 Å². The third-order valence-corrected chi connectivity index (χ3v) is 3.53. The standard InChI is InChI=1S/C8H3F17N2O2S.Na.H/c9-1(10,3(13,14)5(17,18)7(21,22)23)2(11,12)4(15,16)6(19,20)8(24,25)27-30(26,28)29;;/h27H,(H2,26,28,29);;/q;+1;-1. The van der Waals surface area contributed by atoms with E-state index < -0.39 is 62.7 Å². The van der Waals surface area contributed by atoms with E-state index in [0.29, 0.717) is 0 Å². The van der Waals surface area contributed by atoms with Gasteiger partial charge in [-0.25, -0.2) is 5.14 Å². The van der Waals surface area contributed by atoms with Crippen molar-refractivity contribution in [2.24, 2.45) is 5.14 Å². The number of hydrogen-bond donors (Lipinski definition) is 2. The molecule has 3 N–H and O–H groups in total. The topological polar surface area (TPSA) is 72.2 Å². The number of alkyl halides is 17. The molecule has 184 valence electrons. The van der Waals surface area contributed by atoms with E-state index in [0.717, 1.165) is 0 Å². The number of nitrogens with two attached hydrogens (primary N) is 1. The molecule has 0 aliphatic rings. The first kappa shape index (κ1) is 32.9. The van der Waals surface area contributed by atoms with Crippen LogP contribution < -0.4 is 39.4 Å². The first-order valence-electron chi connectivity index (χ1n) is 5.99. The summed E-state index contributed by atoms with van der Waals surface area (Å²) in [4.78, 5) is 0. The summed E-state index contributed by atoms with van der Waals surface area (Å²) in [6.07, 6.45) is -7.85. The van der Waals surface area contributed by atoms with Crippen molar-refractivity contribution in [3.05, 3.63) is 0 Å². The Labute approximate surface area is 182 Å². The third kappa shape index (κ3) is 4.82. The molecule has 0 heterocycles. The number of halogens is 17. The molecule has 0 bridgehead atoms. The van der Waals surface area contributed by atoms with Crippen LogP contribution in [0.4, 0.5) is 74.6 Å². The van der Waals surface area contributed by atoms with Gasteiger partial charge < -0.3 is 1.43 Å². The van der Waals surface area contributed by atoms with Crippen LogP contribution in [0.2, 0.25) is 0 Å². The average Bonchev–Trinajstić information content (AvgIpc) is 2.41. The van der Waals surface area contributed by atoms with E-state index in [-0.39, 0.29) is 31.0 Å². The van der Waals surface area contributed by atoms with E-state index >= 15 is 0 Å². The Morgan fingerprint density at radius 2 is 0.742 bits per heavy atom. The number of nitrogens with one attached hydrogen (secondary N) is 1. The molecule has 0 rings (SSSR count). The third-order valence-electron chi connectivity index (χ3n) is 2.99. The predicted octanol–water partition coefficient (Wildman–Crippen LogP) is 0.863. The van der Waals surface area contributed by atoms with Crippen molar-refractivity contribution in [3.8, 4) is 0 Å². The van der Waals surface area contributed by atoms with Crippen molar-refractivity contribution in [1.29, 1.82) is 0 Å². The van der Waals surface area contributed by atoms with Gasteiger partial charge in [0.2, 0.25) is 0 Å². The fourth-order valence-electron chi connectivity index (χ4n) is 1.41. The van der Waals surface area contributed by atoms with E-state index in [1.54, 1.807) is 0 Å². The Balaban J connectivity index is -0.00000420. The van der Waals surface area contributed by atoms with Gasteiger partial charge in [0.25, 0.3) is 10.2 Å². The van der Waals surface area contributed by atoms with Crippen LogP contribution in [-0.4, -0.2) is 56.2 Å². The van der Waals surface area contributed by atoms with Crippen molar-refractivity contribution in [2.75, 3.05) is 0 Å². The van der Waals surface area contributed by atoms with Crippen molar-refractivity contribution >= 4 is 10.2 Å². The van der Waals surface area contributed by atoms with Crippen LogP contribution in [0.1, 0.15) is 1.43 Å². The van der Waals surface area contributed by atoms with Crippen LogP contribution in [0, 0.1) is 0 Å². The molecular weight excluding hydrogens is 534 g/mol. The summed E-state index contributed by atoms with van der Waals surface area (Å²) in [5.41, 5.74) is 0. The second kappa shape index (κ2) is 8.17. The van der Waals surface area contributed by atoms with E-state index in [2.05, 4.69) is 5.14 Å². The maximum absolute atomic E-state index is 13.2. The zero-order valence-corrected chi connectivity index (χ0v) is 16.5. The van der Waals surface area contributed by atoms with Gasteiger partial charge in [-0.1, -0.05) is 0 Å². The smallest absolute Gasteiger partial charge is 1.00 e. The summed E-state index contributed by atoms with van der Waals surface area (Å²) in [5, 5.41) is 3.65. The van der Waals surface area contributed by atoms with Crippen LogP contribution >= 0.6 is 0 Å². The van der Waals surface area contributed by atoms with Gasteiger partial charge in [0.1, 0.15) is 0 Å². The quantitative estimate of drug-likeness (QED) is 0.274. The Bertz CT molecular complexity index is 767. The molecule has 23 heteroatoms. The Morgan fingerprint density at radius 1 is 0.516 bits per heavy atom. The largest absolute Gasteiger partial charge is 1.00 e. The van der Waals surface area contributed by atoms with Crippen LogP contribution in [-0.2, 0) is 10.2 Å². The van der Waals surface area contributed by atoms with E-state index in [9.17, 15) is 83.1 Å². The zero-order valence-electron chi connectivity index (χ0n) is 14.7. The van der Waals surface area contributed by atoms with E-state index in [1.807, 2.05) is 0 Å². The van der Waals surface area contributed by atoms with Gasteiger partial charge in [-0.15, -0.1) is 4.72 Å². The minimum atomic E-state index is -8.79. The maximum Gasteiger partial charge on any atom is 1.00 e. The summed E-state index contributed by atoms with van der Waals surface area (Å²) in [6, 6.07) is -7.29. The molecule has 0 amide bonds. The average molecular weight is 538 g/mol. The molecular formula is C8H4F17N2NaO2S. The Morgan fingerprint density at radius 3 is 0.968 bits per heavy atom. The molecule has 0 aromatic heterocycles. The van der Waals surface area contributed by atoms with Crippen LogP contribution in [0.5, 0.6) is 0 Å². The van der Waals surface area contributed by atoms with Gasteiger partial charge in [0, 0.05) is 0 Å². The van der Waals surface area contributed by atoms with Crippen molar-refractivity contribution in [1.82, 2.24) is 4.72 Å². The summed E-state index contributed by atoms with van der Waals surface area (Å²) in [5.74, 6) is -51.2. The second-order valence-electron chi connectivity index (χ2n) is 5.17. The van der Waals surface area contributed by atoms with Gasteiger partial charge in [-0.2, -0.15) is 83.1 Å². The summed E-state index contributed by atoms with van der Waals surface area (Å²) in [7, 11) is -6.24. The molecule has 4 nitrogen and oxygen atoms in total. The Hall–Kier alpha value is -0.320. The Kier molecular flexibility index (Phi) is 8.65. The number of hydrogen-bond acceptors (Lipinski definition) is 2. The first-order valence-corrected chi connectivity index (χ1v) is 7.53. The van der Waals surface area contributed by atoms with Gasteiger partial charge in [-0.3, -0.25) is 0 Å². The molecule has 0 spiro atoms. The van der Waals surface area contributed by atoms with E-state index in [4.69, 9.17) is 0 Å². The van der Waals surface area contributed by atoms with Crippen molar-refractivity contribution in [3.63, 3.8) is 0 Å². The van der Waals surface area contributed by atoms with Crippen molar-refractivity contribution < 1.29 is 114 Å². The molecule has 0 aliphatic carbocycles. The molecule has 0 unspecified atom stereocenters. The van der Waals surface area contributed by atoms with Gasteiger partial charge in [0.05, 0.1) is 0 Å². The normalized spacial score (nSPS) is 16.2. The molecule has 0 atom stereocenters. The van der Waals surface area contributed by atoms with Gasteiger partial charge in [0.15, 0.2) is 0 Å². The second-order valence-corrected chi connectivity index (χ2v) is 6.46. The summed E-state index contributed by atoms with van der Waals surface area (Å²) < 4.78 is 236. The monoisotopic (exact) mass is 538 g/mol. The molecule has 0 aromatic rings. The molecule has 0 radical (unpaired) electrons. The van der Waals surface area contributed by atoms with Crippen LogP contribution in [0.15, 0.2) is 0 Å². The molecule has 0 aliphatic heterocycles.